The molecule has 0 radical (unpaired) electrons. The molecule has 1 aliphatic rings. The molecular formula is C28H26FN3O2. The number of carboxylic acids is 1. The zero-order valence-electron chi connectivity index (χ0n) is 19.4. The molecule has 1 aliphatic heterocycles. The van der Waals surface area contributed by atoms with E-state index in [1.54, 1.807) is 24.3 Å². The smallest absolute Gasteiger partial charge is 0.337 e. The maximum absolute atomic E-state index is 13.7. The van der Waals surface area contributed by atoms with E-state index < -0.39 is 5.97 Å². The van der Waals surface area contributed by atoms with Crippen LogP contribution in [0.1, 0.15) is 51.1 Å². The fourth-order valence-electron chi connectivity index (χ4n) is 4.84. The molecule has 2 N–H and O–H groups in total. The predicted molar refractivity (Wildman–Crippen MR) is 133 cm³/mol. The first kappa shape index (κ1) is 21.9. The molecule has 0 unspecified atom stereocenters. The minimum absolute atomic E-state index is 0.171. The van der Waals surface area contributed by atoms with Crippen LogP contribution in [0.4, 0.5) is 15.9 Å². The first-order valence-corrected chi connectivity index (χ1v) is 11.3. The van der Waals surface area contributed by atoms with Crippen molar-refractivity contribution in [1.82, 2.24) is 4.98 Å². The SMILES string of the molecule is Cc1cc([C@@H](C)Nc2ccccc2C(=O)O)c2nc(N3Cc4ccc(F)cc4C3)c(C)cc2c1. The fourth-order valence-corrected chi connectivity index (χ4v) is 4.84. The average molecular weight is 456 g/mol. The van der Waals surface area contributed by atoms with Crippen LogP contribution in [0, 0.1) is 19.7 Å². The van der Waals surface area contributed by atoms with Gasteiger partial charge < -0.3 is 15.3 Å². The van der Waals surface area contributed by atoms with Crippen molar-refractivity contribution in [2.45, 2.75) is 39.9 Å². The average Bonchev–Trinajstić information content (AvgIpc) is 3.21. The van der Waals surface area contributed by atoms with Gasteiger partial charge in [-0.05, 0) is 73.9 Å². The molecule has 5 rings (SSSR count). The van der Waals surface area contributed by atoms with Crippen LogP contribution in [0.25, 0.3) is 10.9 Å². The first-order valence-electron chi connectivity index (χ1n) is 11.3. The van der Waals surface area contributed by atoms with E-state index in [2.05, 4.69) is 42.3 Å². The molecule has 6 heteroatoms. The van der Waals surface area contributed by atoms with E-state index in [-0.39, 0.29) is 17.4 Å². The third-order valence-electron chi connectivity index (χ3n) is 6.44. The number of anilines is 2. The highest BCUT2D eigenvalue weighted by atomic mass is 19.1. The maximum Gasteiger partial charge on any atom is 0.337 e. The number of carbonyl (C=O) groups is 1. The normalized spacial score (nSPS) is 13.7. The molecular weight excluding hydrogens is 429 g/mol. The molecule has 0 amide bonds. The highest BCUT2D eigenvalue weighted by Gasteiger charge is 2.23. The van der Waals surface area contributed by atoms with Crippen molar-refractivity contribution in [3.8, 4) is 0 Å². The van der Waals surface area contributed by atoms with Gasteiger partial charge in [0.2, 0.25) is 0 Å². The van der Waals surface area contributed by atoms with Crippen LogP contribution in [0.15, 0.2) is 60.7 Å². The summed E-state index contributed by atoms with van der Waals surface area (Å²) in [4.78, 5) is 18.9. The van der Waals surface area contributed by atoms with Crippen LogP contribution in [0.3, 0.4) is 0 Å². The summed E-state index contributed by atoms with van der Waals surface area (Å²) in [6, 6.07) is 18.1. The van der Waals surface area contributed by atoms with Gasteiger partial charge in [0, 0.05) is 29.7 Å². The Labute approximate surface area is 197 Å². The molecule has 4 aromatic rings. The Kier molecular flexibility index (Phi) is 5.44. The molecule has 34 heavy (non-hydrogen) atoms. The van der Waals surface area contributed by atoms with Gasteiger partial charge in [-0.25, -0.2) is 14.2 Å². The number of aromatic nitrogens is 1. The summed E-state index contributed by atoms with van der Waals surface area (Å²) >= 11 is 0. The minimum atomic E-state index is -0.967. The Morgan fingerprint density at radius 3 is 2.62 bits per heavy atom. The van der Waals surface area contributed by atoms with Crippen LogP contribution >= 0.6 is 0 Å². The zero-order chi connectivity index (χ0) is 24.0. The molecule has 0 spiro atoms. The van der Waals surface area contributed by atoms with Gasteiger partial charge in [-0.2, -0.15) is 0 Å². The third kappa shape index (κ3) is 3.96. The topological polar surface area (TPSA) is 65.5 Å². The van der Waals surface area contributed by atoms with Gasteiger partial charge in [0.25, 0.3) is 0 Å². The second-order valence-corrected chi connectivity index (χ2v) is 9.04. The van der Waals surface area contributed by atoms with Crippen LogP contribution in [-0.2, 0) is 13.1 Å². The van der Waals surface area contributed by atoms with Gasteiger partial charge in [-0.1, -0.05) is 29.8 Å². The quantitative estimate of drug-likeness (QED) is 0.365. The molecule has 0 fully saturated rings. The Balaban J connectivity index is 1.55. The number of carboxylic acid groups (broad SMARTS) is 1. The van der Waals surface area contributed by atoms with Gasteiger partial charge >= 0.3 is 5.97 Å². The monoisotopic (exact) mass is 455 g/mol. The number of para-hydroxylation sites is 1. The molecule has 172 valence electrons. The van der Waals surface area contributed by atoms with Crippen LogP contribution in [-0.4, -0.2) is 16.1 Å². The minimum Gasteiger partial charge on any atom is -0.478 e. The molecule has 0 aliphatic carbocycles. The number of nitrogens with one attached hydrogen (secondary N) is 1. The summed E-state index contributed by atoms with van der Waals surface area (Å²) < 4.78 is 13.7. The Bertz CT molecular complexity index is 1430. The van der Waals surface area contributed by atoms with Gasteiger partial charge in [-0.3, -0.25) is 0 Å². The number of hydrogen-bond donors (Lipinski definition) is 2. The zero-order valence-corrected chi connectivity index (χ0v) is 19.4. The van der Waals surface area contributed by atoms with Gasteiger partial charge in [0.05, 0.1) is 17.1 Å². The molecule has 5 nitrogen and oxygen atoms in total. The van der Waals surface area contributed by atoms with E-state index in [1.165, 1.54) is 6.07 Å². The maximum atomic E-state index is 13.7. The number of pyridine rings is 1. The van der Waals surface area contributed by atoms with Crippen molar-refractivity contribution in [1.29, 1.82) is 0 Å². The Morgan fingerprint density at radius 2 is 1.82 bits per heavy atom. The van der Waals surface area contributed by atoms with Gasteiger partial charge in [-0.15, -0.1) is 0 Å². The number of nitrogens with zero attached hydrogens (tertiary/aromatic N) is 2. The number of aromatic carboxylic acids is 1. The van der Waals surface area contributed by atoms with E-state index in [0.717, 1.165) is 44.5 Å². The van der Waals surface area contributed by atoms with E-state index in [1.807, 2.05) is 19.1 Å². The van der Waals surface area contributed by atoms with Crippen molar-refractivity contribution in [2.24, 2.45) is 0 Å². The predicted octanol–water partition coefficient (Wildman–Crippen LogP) is 6.38. The highest BCUT2D eigenvalue weighted by Crippen LogP contribution is 2.34. The summed E-state index contributed by atoms with van der Waals surface area (Å²) in [6.07, 6.45) is 0. The van der Waals surface area contributed by atoms with Crippen LogP contribution in [0.5, 0.6) is 0 Å². The van der Waals surface area contributed by atoms with E-state index in [0.29, 0.717) is 18.8 Å². The van der Waals surface area contributed by atoms with Crippen LogP contribution in [0.2, 0.25) is 0 Å². The number of benzene rings is 3. The second-order valence-electron chi connectivity index (χ2n) is 9.04. The summed E-state index contributed by atoms with van der Waals surface area (Å²) in [6.45, 7) is 7.43. The third-order valence-corrected chi connectivity index (χ3v) is 6.44. The van der Waals surface area contributed by atoms with Gasteiger partial charge in [0.1, 0.15) is 11.6 Å². The summed E-state index contributed by atoms with van der Waals surface area (Å²) in [5, 5.41) is 14.0. The molecule has 3 aromatic carbocycles. The highest BCUT2D eigenvalue weighted by molar-refractivity contribution is 5.94. The number of aryl methyl sites for hydroxylation is 2. The molecule has 0 saturated carbocycles. The fraction of sp³-hybridized carbons (Fsp3) is 0.214. The largest absolute Gasteiger partial charge is 0.478 e. The number of fused-ring (bicyclic) bond motifs is 2. The number of rotatable bonds is 5. The van der Waals surface area contributed by atoms with E-state index >= 15 is 0 Å². The molecule has 1 aromatic heterocycles. The molecule has 0 bridgehead atoms. The number of hydrogen-bond acceptors (Lipinski definition) is 4. The molecule has 0 saturated heterocycles. The summed E-state index contributed by atoms with van der Waals surface area (Å²) in [5.41, 5.74) is 6.97. The summed E-state index contributed by atoms with van der Waals surface area (Å²) in [5.74, 6) is -0.305. The Hall–Kier alpha value is -3.93. The summed E-state index contributed by atoms with van der Waals surface area (Å²) in [7, 11) is 0. The lowest BCUT2D eigenvalue weighted by molar-refractivity contribution is 0.0698. The lowest BCUT2D eigenvalue weighted by Crippen LogP contribution is -2.18. The van der Waals surface area contributed by atoms with E-state index in [9.17, 15) is 14.3 Å². The molecule has 1 atom stereocenters. The second kappa shape index (κ2) is 8.45. The molecule has 2 heterocycles. The lowest BCUT2D eigenvalue weighted by atomic mass is 9.99. The van der Waals surface area contributed by atoms with Crippen molar-refractivity contribution >= 4 is 28.4 Å². The number of halogens is 1. The van der Waals surface area contributed by atoms with Crippen molar-refractivity contribution < 1.29 is 14.3 Å². The lowest BCUT2D eigenvalue weighted by Gasteiger charge is -2.23. The van der Waals surface area contributed by atoms with Crippen LogP contribution < -0.4 is 10.2 Å². The standard InChI is InChI=1S/C28H26FN3O2/c1-16-10-20-12-17(2)27(32-14-19-8-9-22(29)13-21(19)15-32)31-26(20)24(11-16)18(3)30-25-7-5-4-6-23(25)28(33)34/h4-13,18,30H,14-15H2,1-3H3,(H,33,34)/t18-/m1/s1. The van der Waals surface area contributed by atoms with Crippen molar-refractivity contribution in [3.05, 3.63) is 99.9 Å². The van der Waals surface area contributed by atoms with Crippen molar-refractivity contribution in [2.75, 3.05) is 10.2 Å². The van der Waals surface area contributed by atoms with E-state index in [4.69, 9.17) is 4.98 Å². The first-order chi connectivity index (χ1) is 16.3. The van der Waals surface area contributed by atoms with Crippen molar-refractivity contribution in [3.63, 3.8) is 0 Å². The van der Waals surface area contributed by atoms with Gasteiger partial charge in [0.15, 0.2) is 0 Å². The Morgan fingerprint density at radius 1 is 1.06 bits per heavy atom.